The summed E-state index contributed by atoms with van der Waals surface area (Å²) >= 11 is 0. The molecule has 0 aromatic heterocycles. The van der Waals surface area contributed by atoms with Gasteiger partial charge in [0.1, 0.15) is 17.2 Å². The maximum Gasteiger partial charge on any atom is 0.417 e. The van der Waals surface area contributed by atoms with Crippen LogP contribution in [0.2, 0.25) is 0 Å². The zero-order valence-electron chi connectivity index (χ0n) is 14.8. The molecular formula is C16H27NO5. The minimum absolute atomic E-state index is 0.222. The number of rotatable bonds is 1. The molecule has 1 rings (SSSR count). The Kier molecular flexibility index (Phi) is 4.66. The molecule has 0 aromatic rings. The van der Waals surface area contributed by atoms with E-state index < -0.39 is 40.6 Å². The largest absolute Gasteiger partial charge is 0.458 e. The quantitative estimate of drug-likeness (QED) is 0.696. The van der Waals surface area contributed by atoms with Crippen molar-refractivity contribution in [2.24, 2.45) is 5.41 Å². The highest BCUT2D eigenvalue weighted by atomic mass is 16.6. The van der Waals surface area contributed by atoms with Gasteiger partial charge in [-0.3, -0.25) is 4.79 Å². The second kappa shape index (κ2) is 5.56. The van der Waals surface area contributed by atoms with Gasteiger partial charge in [-0.05, 0) is 48.0 Å². The van der Waals surface area contributed by atoms with E-state index in [-0.39, 0.29) is 6.42 Å². The number of ether oxygens (including phenoxy) is 2. The van der Waals surface area contributed by atoms with Crippen LogP contribution >= 0.6 is 0 Å². The topological polar surface area (TPSA) is 72.9 Å². The molecule has 0 spiro atoms. The van der Waals surface area contributed by atoms with Crippen molar-refractivity contribution in [2.75, 3.05) is 0 Å². The Morgan fingerprint density at radius 2 is 1.50 bits per heavy atom. The second-order valence-corrected chi connectivity index (χ2v) is 8.29. The first-order valence-electron chi connectivity index (χ1n) is 7.43. The van der Waals surface area contributed by atoms with Crippen LogP contribution in [0, 0.1) is 5.41 Å². The van der Waals surface area contributed by atoms with Crippen molar-refractivity contribution in [3.05, 3.63) is 0 Å². The van der Waals surface area contributed by atoms with E-state index in [1.807, 2.05) is 0 Å². The van der Waals surface area contributed by atoms with Gasteiger partial charge in [0, 0.05) is 5.41 Å². The number of amides is 2. The van der Waals surface area contributed by atoms with Gasteiger partial charge < -0.3 is 9.47 Å². The average molecular weight is 313 g/mol. The molecule has 1 fully saturated rings. The predicted octanol–water partition coefficient (Wildman–Crippen LogP) is 2.89. The van der Waals surface area contributed by atoms with Crippen LogP contribution in [-0.2, 0) is 19.1 Å². The van der Waals surface area contributed by atoms with E-state index in [1.165, 1.54) is 0 Å². The highest BCUT2D eigenvalue weighted by molar-refractivity contribution is 6.02. The number of hydrogen-bond donors (Lipinski definition) is 0. The van der Waals surface area contributed by atoms with Crippen LogP contribution < -0.4 is 0 Å². The SMILES string of the molecule is CC(C)(C)OC(=O)[C@@H]1CC(C)(C)C(=O)N1C(=O)OC(C)(C)C. The molecule has 2 amide bonds. The number of esters is 1. The summed E-state index contributed by atoms with van der Waals surface area (Å²) in [5, 5.41) is 0. The van der Waals surface area contributed by atoms with E-state index in [4.69, 9.17) is 9.47 Å². The maximum atomic E-state index is 12.5. The summed E-state index contributed by atoms with van der Waals surface area (Å²) in [6.07, 6.45) is -0.584. The van der Waals surface area contributed by atoms with Gasteiger partial charge in [-0.2, -0.15) is 0 Å². The first-order valence-corrected chi connectivity index (χ1v) is 7.43. The van der Waals surface area contributed by atoms with Crippen LogP contribution in [0.4, 0.5) is 4.79 Å². The molecule has 0 aliphatic carbocycles. The Morgan fingerprint density at radius 3 is 1.91 bits per heavy atom. The standard InChI is InChI=1S/C16H27NO5/c1-14(2,3)21-11(18)10-9-16(7,8)12(19)17(10)13(20)22-15(4,5)6/h10H,9H2,1-8H3/t10-/m0/s1. The maximum absolute atomic E-state index is 12.5. The smallest absolute Gasteiger partial charge is 0.417 e. The Labute approximate surface area is 132 Å². The highest BCUT2D eigenvalue weighted by Crippen LogP contribution is 2.37. The number of likely N-dealkylation sites (tertiary alicyclic amines) is 1. The molecule has 0 saturated carbocycles. The molecule has 1 heterocycles. The Bertz CT molecular complexity index is 482. The van der Waals surface area contributed by atoms with E-state index >= 15 is 0 Å². The molecule has 6 nitrogen and oxygen atoms in total. The molecule has 1 aliphatic heterocycles. The van der Waals surface area contributed by atoms with E-state index in [1.54, 1.807) is 55.4 Å². The summed E-state index contributed by atoms with van der Waals surface area (Å²) < 4.78 is 10.6. The van der Waals surface area contributed by atoms with Crippen molar-refractivity contribution < 1.29 is 23.9 Å². The first-order chi connectivity index (χ1) is 9.64. The fourth-order valence-corrected chi connectivity index (χ4v) is 2.21. The summed E-state index contributed by atoms with van der Waals surface area (Å²) in [5.74, 6) is -1.00. The molecule has 1 atom stereocenters. The summed E-state index contributed by atoms with van der Waals surface area (Å²) in [4.78, 5) is 38.0. The molecular weight excluding hydrogens is 286 g/mol. The molecule has 6 heteroatoms. The van der Waals surface area contributed by atoms with Gasteiger partial charge in [-0.1, -0.05) is 13.8 Å². The molecule has 0 bridgehead atoms. The van der Waals surface area contributed by atoms with Crippen LogP contribution in [0.3, 0.4) is 0 Å². The third-order valence-corrected chi connectivity index (χ3v) is 3.08. The minimum atomic E-state index is -0.948. The summed E-state index contributed by atoms with van der Waals surface area (Å²) in [5.41, 5.74) is -2.24. The van der Waals surface area contributed by atoms with Gasteiger partial charge in [0.05, 0.1) is 0 Å². The zero-order valence-corrected chi connectivity index (χ0v) is 14.8. The van der Waals surface area contributed by atoms with Crippen molar-refractivity contribution >= 4 is 18.0 Å². The van der Waals surface area contributed by atoms with Gasteiger partial charge in [0.25, 0.3) is 0 Å². The van der Waals surface area contributed by atoms with Crippen molar-refractivity contribution in [1.82, 2.24) is 4.90 Å². The molecule has 1 aliphatic rings. The molecule has 0 radical (unpaired) electrons. The van der Waals surface area contributed by atoms with Crippen LogP contribution in [0.1, 0.15) is 61.8 Å². The number of carbonyl (C=O) groups excluding carboxylic acids is 3. The van der Waals surface area contributed by atoms with Crippen molar-refractivity contribution in [2.45, 2.75) is 79.1 Å². The molecule has 0 N–H and O–H groups in total. The third kappa shape index (κ3) is 4.45. The Morgan fingerprint density at radius 1 is 1.05 bits per heavy atom. The van der Waals surface area contributed by atoms with E-state index in [0.717, 1.165) is 4.90 Å². The minimum Gasteiger partial charge on any atom is -0.458 e. The van der Waals surface area contributed by atoms with Crippen LogP contribution in [0.5, 0.6) is 0 Å². The average Bonchev–Trinajstić information content (AvgIpc) is 2.45. The Hall–Kier alpha value is -1.59. The van der Waals surface area contributed by atoms with Crippen LogP contribution in [-0.4, -0.2) is 40.1 Å². The lowest BCUT2D eigenvalue weighted by Gasteiger charge is -2.28. The van der Waals surface area contributed by atoms with Crippen LogP contribution in [0.25, 0.3) is 0 Å². The Balaban J connectivity index is 3.05. The van der Waals surface area contributed by atoms with Gasteiger partial charge in [0.15, 0.2) is 0 Å². The fourth-order valence-electron chi connectivity index (χ4n) is 2.21. The first kappa shape index (κ1) is 18.5. The molecule has 22 heavy (non-hydrogen) atoms. The summed E-state index contributed by atoms with van der Waals surface area (Å²) in [6.45, 7) is 13.8. The van der Waals surface area contributed by atoms with Gasteiger partial charge >= 0.3 is 12.1 Å². The van der Waals surface area contributed by atoms with E-state index in [9.17, 15) is 14.4 Å². The predicted molar refractivity (Wildman–Crippen MR) is 81.1 cm³/mol. The van der Waals surface area contributed by atoms with Crippen molar-refractivity contribution in [3.8, 4) is 0 Å². The van der Waals surface area contributed by atoms with Crippen LogP contribution in [0.15, 0.2) is 0 Å². The zero-order chi connectivity index (χ0) is 17.5. The molecule has 0 unspecified atom stereocenters. The van der Waals surface area contributed by atoms with Gasteiger partial charge in [-0.25, -0.2) is 14.5 Å². The highest BCUT2D eigenvalue weighted by Gasteiger charge is 2.53. The monoisotopic (exact) mass is 313 g/mol. The summed E-state index contributed by atoms with van der Waals surface area (Å²) in [7, 11) is 0. The molecule has 1 saturated heterocycles. The lowest BCUT2D eigenvalue weighted by molar-refractivity contribution is -0.161. The van der Waals surface area contributed by atoms with Gasteiger partial charge in [0.2, 0.25) is 5.91 Å². The fraction of sp³-hybridized carbons (Fsp3) is 0.812. The number of hydrogen-bond acceptors (Lipinski definition) is 5. The number of carbonyl (C=O) groups is 3. The lowest BCUT2D eigenvalue weighted by atomic mass is 9.90. The third-order valence-electron chi connectivity index (χ3n) is 3.08. The second-order valence-electron chi connectivity index (χ2n) is 8.29. The number of imide groups is 1. The molecule has 0 aromatic carbocycles. The van der Waals surface area contributed by atoms with Crippen molar-refractivity contribution in [3.63, 3.8) is 0 Å². The van der Waals surface area contributed by atoms with Gasteiger partial charge in [-0.15, -0.1) is 0 Å². The summed E-state index contributed by atoms with van der Waals surface area (Å²) in [6, 6.07) is -0.948. The van der Waals surface area contributed by atoms with E-state index in [0.29, 0.717) is 0 Å². The number of nitrogens with zero attached hydrogens (tertiary/aromatic N) is 1. The van der Waals surface area contributed by atoms with Crippen molar-refractivity contribution in [1.29, 1.82) is 0 Å². The lowest BCUT2D eigenvalue weighted by Crippen LogP contribution is -2.47. The van der Waals surface area contributed by atoms with E-state index in [2.05, 4.69) is 0 Å². The normalized spacial score (nSPS) is 21.7. The molecule has 126 valence electrons.